The third-order valence-corrected chi connectivity index (χ3v) is 6.87. The predicted octanol–water partition coefficient (Wildman–Crippen LogP) is 6.66. The van der Waals surface area contributed by atoms with Gasteiger partial charge in [-0.25, -0.2) is 9.97 Å². The maximum absolute atomic E-state index is 13.4. The molecule has 0 unspecified atom stereocenters. The molecule has 3 aromatic heterocycles. The molecular formula is C25H19N3O2S2. The molecule has 0 radical (unpaired) electrons. The quantitative estimate of drug-likeness (QED) is 0.321. The number of hydrogen-bond acceptors (Lipinski definition) is 6. The summed E-state index contributed by atoms with van der Waals surface area (Å²) >= 11 is 3.05. The summed E-state index contributed by atoms with van der Waals surface area (Å²) in [6.07, 6.45) is 0. The fraction of sp³-hybridized carbons (Fsp3) is 0.0800. The van der Waals surface area contributed by atoms with Gasteiger partial charge in [-0.15, -0.1) is 22.7 Å². The number of thiophene rings is 1. The third-order valence-electron chi connectivity index (χ3n) is 5.22. The minimum atomic E-state index is -0.192. The van der Waals surface area contributed by atoms with Gasteiger partial charge in [0.1, 0.15) is 5.75 Å². The van der Waals surface area contributed by atoms with Crippen LogP contribution >= 0.6 is 22.7 Å². The van der Waals surface area contributed by atoms with Gasteiger partial charge in [-0.2, -0.15) is 0 Å². The molecular weight excluding hydrogens is 438 g/mol. The number of pyridine rings is 1. The largest absolute Gasteiger partial charge is 0.497 e. The number of carbonyl (C=O) groups excluding carboxylic acids is 1. The Morgan fingerprint density at radius 2 is 1.78 bits per heavy atom. The number of fused-ring (bicyclic) bond motifs is 1. The standard InChI is InChI=1S/C25H19N3O2S2/c1-15-22(24(29)28-25-27-20(14-32-25)21-8-5-13-31-21)18-6-3-4-7-19(18)26-23(15)16-9-11-17(30-2)12-10-16/h3-14H,1-2H3,(H,27,28,29). The zero-order valence-electron chi connectivity index (χ0n) is 17.5. The SMILES string of the molecule is COc1ccc(-c2nc3ccccc3c(C(=O)Nc3nc(-c4cccs4)cs3)c2C)cc1. The summed E-state index contributed by atoms with van der Waals surface area (Å²) in [5.74, 6) is 0.582. The highest BCUT2D eigenvalue weighted by Gasteiger charge is 2.20. The van der Waals surface area contributed by atoms with E-state index >= 15 is 0 Å². The van der Waals surface area contributed by atoms with E-state index in [1.54, 1.807) is 18.4 Å². The molecule has 1 amide bonds. The summed E-state index contributed by atoms with van der Waals surface area (Å²) in [4.78, 5) is 24.0. The lowest BCUT2D eigenvalue weighted by atomic mass is 9.97. The van der Waals surface area contributed by atoms with Gasteiger partial charge in [0.2, 0.25) is 0 Å². The Morgan fingerprint density at radius 3 is 2.53 bits per heavy atom. The average Bonchev–Trinajstić information content (AvgIpc) is 3.51. The van der Waals surface area contributed by atoms with E-state index in [4.69, 9.17) is 9.72 Å². The van der Waals surface area contributed by atoms with Gasteiger partial charge in [0.25, 0.3) is 5.91 Å². The Hall–Kier alpha value is -3.55. The second kappa shape index (κ2) is 8.53. The first-order valence-corrected chi connectivity index (χ1v) is 11.7. The van der Waals surface area contributed by atoms with Crippen molar-refractivity contribution in [3.63, 3.8) is 0 Å². The van der Waals surface area contributed by atoms with Crippen LogP contribution in [0, 0.1) is 6.92 Å². The first-order chi connectivity index (χ1) is 15.6. The maximum Gasteiger partial charge on any atom is 0.258 e. The van der Waals surface area contributed by atoms with Crippen LogP contribution in [0.25, 0.3) is 32.7 Å². The molecule has 1 N–H and O–H groups in total. The minimum Gasteiger partial charge on any atom is -0.497 e. The van der Waals surface area contributed by atoms with Crippen molar-refractivity contribution in [2.75, 3.05) is 12.4 Å². The summed E-state index contributed by atoms with van der Waals surface area (Å²) in [6.45, 7) is 1.94. The van der Waals surface area contributed by atoms with Crippen LogP contribution in [0.1, 0.15) is 15.9 Å². The second-order valence-corrected chi connectivity index (χ2v) is 8.98. The zero-order chi connectivity index (χ0) is 22.1. The number of benzene rings is 2. The molecule has 5 rings (SSSR count). The van der Waals surface area contributed by atoms with Crippen molar-refractivity contribution < 1.29 is 9.53 Å². The van der Waals surface area contributed by atoms with Crippen molar-refractivity contribution >= 4 is 44.6 Å². The van der Waals surface area contributed by atoms with E-state index in [9.17, 15) is 4.79 Å². The van der Waals surface area contributed by atoms with E-state index in [1.807, 2.05) is 78.3 Å². The van der Waals surface area contributed by atoms with E-state index in [-0.39, 0.29) is 5.91 Å². The molecule has 3 heterocycles. The number of para-hydroxylation sites is 1. The topological polar surface area (TPSA) is 64.1 Å². The number of ether oxygens (including phenoxy) is 1. The molecule has 32 heavy (non-hydrogen) atoms. The van der Waals surface area contributed by atoms with Crippen LogP contribution in [0.5, 0.6) is 5.75 Å². The molecule has 158 valence electrons. The van der Waals surface area contributed by atoms with Gasteiger partial charge in [0.05, 0.1) is 34.5 Å². The molecule has 2 aromatic carbocycles. The smallest absolute Gasteiger partial charge is 0.258 e. The highest BCUT2D eigenvalue weighted by Crippen LogP contribution is 2.32. The average molecular weight is 458 g/mol. The van der Waals surface area contributed by atoms with Crippen molar-refractivity contribution in [2.24, 2.45) is 0 Å². The highest BCUT2D eigenvalue weighted by molar-refractivity contribution is 7.16. The number of carbonyl (C=O) groups is 1. The van der Waals surface area contributed by atoms with Crippen LogP contribution < -0.4 is 10.1 Å². The highest BCUT2D eigenvalue weighted by atomic mass is 32.1. The molecule has 0 fully saturated rings. The molecule has 0 saturated heterocycles. The first kappa shape index (κ1) is 20.4. The first-order valence-electron chi connectivity index (χ1n) is 9.98. The van der Waals surface area contributed by atoms with Crippen molar-refractivity contribution in [3.8, 4) is 27.6 Å². The summed E-state index contributed by atoms with van der Waals surface area (Å²) < 4.78 is 5.27. The van der Waals surface area contributed by atoms with Crippen molar-refractivity contribution in [3.05, 3.63) is 82.6 Å². The van der Waals surface area contributed by atoms with Gasteiger partial charge in [0.15, 0.2) is 5.13 Å². The predicted molar refractivity (Wildman–Crippen MR) is 132 cm³/mol. The van der Waals surface area contributed by atoms with Gasteiger partial charge in [-0.1, -0.05) is 24.3 Å². The van der Waals surface area contributed by atoms with E-state index in [2.05, 4.69) is 10.3 Å². The van der Waals surface area contributed by atoms with Crippen LogP contribution in [-0.2, 0) is 0 Å². The molecule has 0 atom stereocenters. The Morgan fingerprint density at radius 1 is 0.969 bits per heavy atom. The Bertz CT molecular complexity index is 1410. The second-order valence-electron chi connectivity index (χ2n) is 7.18. The van der Waals surface area contributed by atoms with Gasteiger partial charge >= 0.3 is 0 Å². The van der Waals surface area contributed by atoms with Crippen molar-refractivity contribution in [2.45, 2.75) is 6.92 Å². The number of rotatable bonds is 5. The Kier molecular flexibility index (Phi) is 5.43. The summed E-state index contributed by atoms with van der Waals surface area (Å²) in [5.41, 5.74) is 4.77. The lowest BCUT2D eigenvalue weighted by molar-refractivity contribution is 0.102. The normalized spacial score (nSPS) is 10.9. The summed E-state index contributed by atoms with van der Waals surface area (Å²) in [7, 11) is 1.64. The van der Waals surface area contributed by atoms with Gasteiger partial charge in [-0.05, 0) is 54.3 Å². The van der Waals surface area contributed by atoms with E-state index in [0.29, 0.717) is 10.7 Å². The molecule has 7 heteroatoms. The van der Waals surface area contributed by atoms with Crippen molar-refractivity contribution in [1.29, 1.82) is 0 Å². The van der Waals surface area contributed by atoms with E-state index in [0.717, 1.165) is 44.0 Å². The number of nitrogens with one attached hydrogen (secondary N) is 1. The van der Waals surface area contributed by atoms with Crippen LogP contribution in [0.2, 0.25) is 0 Å². The molecule has 0 aliphatic rings. The van der Waals surface area contributed by atoms with Crippen LogP contribution in [0.4, 0.5) is 5.13 Å². The third kappa shape index (κ3) is 3.77. The van der Waals surface area contributed by atoms with E-state index < -0.39 is 0 Å². The lowest BCUT2D eigenvalue weighted by Gasteiger charge is -2.14. The fourth-order valence-electron chi connectivity index (χ4n) is 3.66. The van der Waals surface area contributed by atoms with Crippen LogP contribution in [-0.4, -0.2) is 23.0 Å². The Labute approximate surface area is 193 Å². The summed E-state index contributed by atoms with van der Waals surface area (Å²) in [6, 6.07) is 19.4. The molecule has 0 aliphatic heterocycles. The number of nitrogens with zero attached hydrogens (tertiary/aromatic N) is 2. The van der Waals surface area contributed by atoms with Crippen molar-refractivity contribution in [1.82, 2.24) is 9.97 Å². The van der Waals surface area contributed by atoms with E-state index in [1.165, 1.54) is 11.3 Å². The monoisotopic (exact) mass is 457 g/mol. The zero-order valence-corrected chi connectivity index (χ0v) is 19.1. The number of thiazole rings is 1. The molecule has 0 bridgehead atoms. The maximum atomic E-state index is 13.4. The molecule has 0 saturated carbocycles. The van der Waals surface area contributed by atoms with Gasteiger partial charge in [-0.3, -0.25) is 10.1 Å². The number of hydrogen-bond donors (Lipinski definition) is 1. The number of anilines is 1. The fourth-order valence-corrected chi connectivity index (χ4v) is 5.12. The van der Waals surface area contributed by atoms with Gasteiger partial charge in [0, 0.05) is 16.3 Å². The van der Waals surface area contributed by atoms with Gasteiger partial charge < -0.3 is 4.74 Å². The molecule has 5 nitrogen and oxygen atoms in total. The number of aromatic nitrogens is 2. The lowest BCUT2D eigenvalue weighted by Crippen LogP contribution is -2.15. The summed E-state index contributed by atoms with van der Waals surface area (Å²) in [5, 5.41) is 8.36. The number of amides is 1. The van der Waals surface area contributed by atoms with Crippen LogP contribution in [0.3, 0.4) is 0 Å². The molecule has 0 aliphatic carbocycles. The van der Waals surface area contributed by atoms with Crippen LogP contribution in [0.15, 0.2) is 71.4 Å². The minimum absolute atomic E-state index is 0.192. The molecule has 0 spiro atoms. The molecule has 5 aromatic rings. The Balaban J connectivity index is 1.56. The number of methoxy groups -OCH3 is 1.